The summed E-state index contributed by atoms with van der Waals surface area (Å²) in [6, 6.07) is 0. The third-order valence-corrected chi connectivity index (χ3v) is 3.80. The van der Waals surface area contributed by atoms with E-state index in [1.807, 2.05) is 0 Å². The molecular formula is C11H20O3. The molecule has 14 heavy (non-hydrogen) atoms. The van der Waals surface area contributed by atoms with Gasteiger partial charge in [-0.15, -0.1) is 0 Å². The predicted octanol–water partition coefficient (Wildman–Crippen LogP) is 1.46. The van der Waals surface area contributed by atoms with E-state index in [9.17, 15) is 0 Å². The molecular weight excluding hydrogens is 180 g/mol. The molecule has 3 heteroatoms. The van der Waals surface area contributed by atoms with Crippen LogP contribution in [0.4, 0.5) is 0 Å². The zero-order valence-electron chi connectivity index (χ0n) is 9.45. The smallest absolute Gasteiger partial charge is 0.118 e. The molecule has 3 nitrogen and oxygen atoms in total. The van der Waals surface area contributed by atoms with Gasteiger partial charge in [-0.3, -0.25) is 0 Å². The van der Waals surface area contributed by atoms with Gasteiger partial charge in [0.1, 0.15) is 5.60 Å². The van der Waals surface area contributed by atoms with E-state index in [4.69, 9.17) is 14.2 Å². The number of methoxy groups -OCH3 is 2. The van der Waals surface area contributed by atoms with Crippen LogP contribution in [0, 0.1) is 11.8 Å². The highest BCUT2D eigenvalue weighted by molar-refractivity contribution is 5.10. The van der Waals surface area contributed by atoms with Gasteiger partial charge in [0.25, 0.3) is 0 Å². The van der Waals surface area contributed by atoms with Gasteiger partial charge in [-0.2, -0.15) is 0 Å². The maximum atomic E-state index is 6.01. The van der Waals surface area contributed by atoms with Crippen molar-refractivity contribution in [3.05, 3.63) is 0 Å². The number of hydrogen-bond donors (Lipinski definition) is 0. The molecule has 2 aliphatic rings. The van der Waals surface area contributed by atoms with Gasteiger partial charge in [0.15, 0.2) is 0 Å². The molecule has 1 saturated carbocycles. The molecule has 1 heterocycles. The number of rotatable bonds is 3. The molecule has 1 aliphatic heterocycles. The Bertz CT molecular complexity index is 205. The first kappa shape index (κ1) is 10.4. The van der Waals surface area contributed by atoms with Crippen LogP contribution in [0.15, 0.2) is 0 Å². The zero-order valence-corrected chi connectivity index (χ0v) is 9.45. The molecule has 0 aromatic rings. The Balaban J connectivity index is 2.23. The lowest BCUT2D eigenvalue weighted by atomic mass is 9.92. The summed E-state index contributed by atoms with van der Waals surface area (Å²) in [7, 11) is 3.51. The fourth-order valence-corrected chi connectivity index (χ4v) is 3.51. The highest BCUT2D eigenvalue weighted by Crippen LogP contribution is 2.52. The molecule has 0 N–H and O–H groups in total. The first-order chi connectivity index (χ1) is 6.64. The summed E-state index contributed by atoms with van der Waals surface area (Å²) in [5.74, 6) is 1.22. The second-order valence-corrected chi connectivity index (χ2v) is 4.74. The SMILES string of the molecule is COC[C@@]12C[C@H](C)[C@@H]([C@H](C)O1)[C@@H]2OC. The van der Waals surface area contributed by atoms with Crippen molar-refractivity contribution in [1.82, 2.24) is 0 Å². The molecule has 5 atom stereocenters. The van der Waals surface area contributed by atoms with Gasteiger partial charge in [-0.1, -0.05) is 6.92 Å². The summed E-state index contributed by atoms with van der Waals surface area (Å²) in [5, 5.41) is 0. The Morgan fingerprint density at radius 1 is 1.36 bits per heavy atom. The van der Waals surface area contributed by atoms with E-state index in [2.05, 4.69) is 13.8 Å². The monoisotopic (exact) mass is 200 g/mol. The molecule has 2 rings (SSSR count). The van der Waals surface area contributed by atoms with Crippen molar-refractivity contribution in [1.29, 1.82) is 0 Å². The molecule has 0 amide bonds. The van der Waals surface area contributed by atoms with E-state index in [1.54, 1.807) is 14.2 Å². The van der Waals surface area contributed by atoms with Crippen LogP contribution in [0.3, 0.4) is 0 Å². The topological polar surface area (TPSA) is 27.7 Å². The summed E-state index contributed by atoms with van der Waals surface area (Å²) < 4.78 is 16.9. The van der Waals surface area contributed by atoms with Gasteiger partial charge in [-0.25, -0.2) is 0 Å². The van der Waals surface area contributed by atoms with Gasteiger partial charge in [0.05, 0.1) is 18.8 Å². The Morgan fingerprint density at radius 3 is 2.57 bits per heavy atom. The van der Waals surface area contributed by atoms with Crippen molar-refractivity contribution in [3.63, 3.8) is 0 Å². The largest absolute Gasteiger partial charge is 0.382 e. The fraction of sp³-hybridized carbons (Fsp3) is 1.00. The van der Waals surface area contributed by atoms with Crippen LogP contribution < -0.4 is 0 Å². The molecule has 0 spiro atoms. The lowest BCUT2D eigenvalue weighted by Crippen LogP contribution is -2.42. The first-order valence-electron chi connectivity index (χ1n) is 5.34. The van der Waals surface area contributed by atoms with Crippen LogP contribution in [0.1, 0.15) is 20.3 Å². The van der Waals surface area contributed by atoms with Crippen molar-refractivity contribution in [2.75, 3.05) is 20.8 Å². The highest BCUT2D eigenvalue weighted by Gasteiger charge is 2.62. The second-order valence-electron chi connectivity index (χ2n) is 4.74. The predicted molar refractivity (Wildman–Crippen MR) is 53.2 cm³/mol. The van der Waals surface area contributed by atoms with E-state index < -0.39 is 0 Å². The third kappa shape index (κ3) is 1.23. The van der Waals surface area contributed by atoms with Crippen molar-refractivity contribution in [2.45, 2.75) is 38.1 Å². The Kier molecular flexibility index (Phi) is 2.58. The van der Waals surface area contributed by atoms with Crippen molar-refractivity contribution >= 4 is 0 Å². The van der Waals surface area contributed by atoms with Gasteiger partial charge in [0, 0.05) is 20.1 Å². The summed E-state index contributed by atoms with van der Waals surface area (Å²) >= 11 is 0. The van der Waals surface area contributed by atoms with Crippen molar-refractivity contribution in [2.24, 2.45) is 11.8 Å². The third-order valence-electron chi connectivity index (χ3n) is 3.80. The average Bonchev–Trinajstić information content (AvgIpc) is 2.51. The normalized spacial score (nSPS) is 51.4. The zero-order chi connectivity index (χ0) is 10.3. The highest BCUT2D eigenvalue weighted by atomic mass is 16.6. The minimum Gasteiger partial charge on any atom is -0.382 e. The minimum atomic E-state index is -0.174. The molecule has 2 fully saturated rings. The van der Waals surface area contributed by atoms with Gasteiger partial charge in [-0.05, 0) is 19.3 Å². The van der Waals surface area contributed by atoms with Gasteiger partial charge < -0.3 is 14.2 Å². The summed E-state index contributed by atoms with van der Waals surface area (Å²) in [5.41, 5.74) is -0.174. The Labute approximate surface area is 85.7 Å². The lowest BCUT2D eigenvalue weighted by molar-refractivity contribution is -0.131. The maximum absolute atomic E-state index is 6.01. The fourth-order valence-electron chi connectivity index (χ4n) is 3.51. The van der Waals surface area contributed by atoms with Crippen LogP contribution in [0.2, 0.25) is 0 Å². The molecule has 1 aliphatic carbocycles. The molecule has 0 aromatic heterocycles. The second kappa shape index (κ2) is 3.47. The first-order valence-corrected chi connectivity index (χ1v) is 5.34. The van der Waals surface area contributed by atoms with Gasteiger partial charge >= 0.3 is 0 Å². The van der Waals surface area contributed by atoms with Crippen LogP contribution in [-0.4, -0.2) is 38.6 Å². The maximum Gasteiger partial charge on any atom is 0.118 e. The summed E-state index contributed by atoms with van der Waals surface area (Å²) in [6.45, 7) is 5.08. The van der Waals surface area contributed by atoms with E-state index in [0.29, 0.717) is 24.5 Å². The van der Waals surface area contributed by atoms with E-state index in [1.165, 1.54) is 0 Å². The van der Waals surface area contributed by atoms with Gasteiger partial charge in [0.2, 0.25) is 0 Å². The Morgan fingerprint density at radius 2 is 2.07 bits per heavy atom. The molecule has 0 radical (unpaired) electrons. The average molecular weight is 200 g/mol. The molecule has 0 aromatic carbocycles. The standard InChI is InChI=1S/C11H20O3/c1-7-5-11(6-12-3)10(13-4)9(7)8(2)14-11/h7-10H,5-6H2,1-4H3/t7-,8-,9-,10-,11+/m0/s1. The number of ether oxygens (including phenoxy) is 3. The van der Waals surface area contributed by atoms with E-state index in [-0.39, 0.29) is 11.7 Å². The quantitative estimate of drug-likeness (QED) is 0.690. The summed E-state index contributed by atoms with van der Waals surface area (Å²) in [6.07, 6.45) is 1.58. The molecule has 1 saturated heterocycles. The van der Waals surface area contributed by atoms with Crippen LogP contribution in [-0.2, 0) is 14.2 Å². The summed E-state index contributed by atoms with van der Waals surface area (Å²) in [4.78, 5) is 0. The minimum absolute atomic E-state index is 0.174. The van der Waals surface area contributed by atoms with E-state index in [0.717, 1.165) is 6.42 Å². The lowest BCUT2D eigenvalue weighted by Gasteiger charge is -2.32. The number of hydrogen-bond acceptors (Lipinski definition) is 3. The Hall–Kier alpha value is -0.120. The molecule has 82 valence electrons. The molecule has 2 bridgehead atoms. The van der Waals surface area contributed by atoms with Crippen LogP contribution >= 0.6 is 0 Å². The van der Waals surface area contributed by atoms with Crippen LogP contribution in [0.25, 0.3) is 0 Å². The van der Waals surface area contributed by atoms with Crippen molar-refractivity contribution < 1.29 is 14.2 Å². The number of fused-ring (bicyclic) bond motifs is 2. The van der Waals surface area contributed by atoms with E-state index >= 15 is 0 Å². The molecule has 0 unspecified atom stereocenters. The van der Waals surface area contributed by atoms with Crippen LogP contribution in [0.5, 0.6) is 0 Å². The van der Waals surface area contributed by atoms with Crippen molar-refractivity contribution in [3.8, 4) is 0 Å².